The third-order valence-corrected chi connectivity index (χ3v) is 4.76. The Morgan fingerprint density at radius 2 is 2.22 bits per heavy atom. The molecular weight excluding hydrogens is 224 g/mol. The quantitative estimate of drug-likeness (QED) is 0.791. The Morgan fingerprint density at radius 1 is 1.39 bits per heavy atom. The molecule has 0 spiro atoms. The molecule has 4 atom stereocenters. The van der Waals surface area contributed by atoms with Crippen molar-refractivity contribution in [2.75, 3.05) is 19.7 Å². The molecule has 106 valence electrons. The Morgan fingerprint density at radius 3 is 2.94 bits per heavy atom. The zero-order valence-electron chi connectivity index (χ0n) is 12.1. The molecule has 1 saturated heterocycles. The number of ether oxygens (including phenoxy) is 1. The highest BCUT2D eigenvalue weighted by atomic mass is 16.5. The molecule has 0 aromatic heterocycles. The average Bonchev–Trinajstić information content (AvgIpc) is 2.76. The van der Waals surface area contributed by atoms with Crippen molar-refractivity contribution in [2.24, 2.45) is 17.6 Å². The lowest BCUT2D eigenvalue weighted by atomic mass is 9.77. The van der Waals surface area contributed by atoms with Gasteiger partial charge in [-0.2, -0.15) is 0 Å². The molecule has 1 heterocycles. The highest BCUT2D eigenvalue weighted by Crippen LogP contribution is 2.30. The first-order valence-corrected chi connectivity index (χ1v) is 7.74. The van der Waals surface area contributed by atoms with Crippen LogP contribution in [0.2, 0.25) is 0 Å². The Hall–Kier alpha value is -0.120. The molecule has 1 aliphatic carbocycles. The molecule has 4 unspecified atom stereocenters. The van der Waals surface area contributed by atoms with Gasteiger partial charge in [-0.25, -0.2) is 0 Å². The Bertz CT molecular complexity index is 259. The minimum Gasteiger partial charge on any atom is -0.378 e. The fourth-order valence-electron chi connectivity index (χ4n) is 3.75. The molecule has 0 aromatic carbocycles. The number of hydrogen-bond acceptors (Lipinski definition) is 3. The number of nitrogens with two attached hydrogens (primary N) is 1. The molecule has 18 heavy (non-hydrogen) atoms. The van der Waals surface area contributed by atoms with Gasteiger partial charge in [0.25, 0.3) is 0 Å². The van der Waals surface area contributed by atoms with Gasteiger partial charge in [0, 0.05) is 25.2 Å². The Kier molecular flexibility index (Phi) is 5.05. The van der Waals surface area contributed by atoms with Crippen molar-refractivity contribution in [1.82, 2.24) is 5.32 Å². The summed E-state index contributed by atoms with van der Waals surface area (Å²) in [4.78, 5) is 0. The summed E-state index contributed by atoms with van der Waals surface area (Å²) >= 11 is 0. The van der Waals surface area contributed by atoms with Gasteiger partial charge in [0.2, 0.25) is 0 Å². The van der Waals surface area contributed by atoms with Crippen molar-refractivity contribution in [3.8, 4) is 0 Å². The normalized spacial score (nSPS) is 41.2. The molecule has 0 amide bonds. The van der Waals surface area contributed by atoms with E-state index >= 15 is 0 Å². The Balaban J connectivity index is 1.71. The number of nitrogens with one attached hydrogen (secondary N) is 1. The van der Waals surface area contributed by atoms with Crippen LogP contribution in [0.25, 0.3) is 0 Å². The molecule has 3 N–H and O–H groups in total. The van der Waals surface area contributed by atoms with Crippen LogP contribution in [0.15, 0.2) is 0 Å². The minimum atomic E-state index is 0.0405. The van der Waals surface area contributed by atoms with Crippen molar-refractivity contribution in [3.63, 3.8) is 0 Å². The largest absolute Gasteiger partial charge is 0.378 e. The zero-order valence-corrected chi connectivity index (χ0v) is 12.1. The molecule has 3 heteroatoms. The van der Waals surface area contributed by atoms with Gasteiger partial charge < -0.3 is 15.8 Å². The third kappa shape index (κ3) is 3.69. The third-order valence-electron chi connectivity index (χ3n) is 4.76. The monoisotopic (exact) mass is 254 g/mol. The van der Waals surface area contributed by atoms with Crippen molar-refractivity contribution < 1.29 is 4.74 Å². The van der Waals surface area contributed by atoms with Crippen molar-refractivity contribution in [1.29, 1.82) is 0 Å². The van der Waals surface area contributed by atoms with Crippen molar-refractivity contribution in [2.45, 2.75) is 64.0 Å². The second-order valence-corrected chi connectivity index (χ2v) is 6.56. The van der Waals surface area contributed by atoms with Crippen molar-refractivity contribution in [3.05, 3.63) is 0 Å². The summed E-state index contributed by atoms with van der Waals surface area (Å²) in [5.74, 6) is 1.49. The van der Waals surface area contributed by atoms with Crippen LogP contribution in [0.4, 0.5) is 0 Å². The van der Waals surface area contributed by atoms with Gasteiger partial charge in [-0.3, -0.25) is 0 Å². The van der Waals surface area contributed by atoms with E-state index in [1.807, 2.05) is 0 Å². The Labute approximate surface area is 112 Å². The van der Waals surface area contributed by atoms with Gasteiger partial charge in [0.1, 0.15) is 0 Å². The molecule has 1 aliphatic heterocycles. The van der Waals surface area contributed by atoms with E-state index in [2.05, 4.69) is 19.2 Å². The fourth-order valence-corrected chi connectivity index (χ4v) is 3.75. The predicted molar refractivity (Wildman–Crippen MR) is 75.6 cm³/mol. The summed E-state index contributed by atoms with van der Waals surface area (Å²) in [7, 11) is 0. The van der Waals surface area contributed by atoms with Crippen LogP contribution >= 0.6 is 0 Å². The molecule has 0 bridgehead atoms. The van der Waals surface area contributed by atoms with Gasteiger partial charge in [-0.1, -0.05) is 26.7 Å². The van der Waals surface area contributed by atoms with Crippen LogP contribution < -0.4 is 11.1 Å². The van der Waals surface area contributed by atoms with E-state index in [-0.39, 0.29) is 5.54 Å². The summed E-state index contributed by atoms with van der Waals surface area (Å²) < 4.78 is 5.73. The van der Waals surface area contributed by atoms with Crippen LogP contribution in [0, 0.1) is 11.8 Å². The van der Waals surface area contributed by atoms with Gasteiger partial charge in [-0.05, 0) is 37.5 Å². The van der Waals surface area contributed by atoms with E-state index in [1.54, 1.807) is 0 Å². The van der Waals surface area contributed by atoms with E-state index in [4.69, 9.17) is 10.5 Å². The lowest BCUT2D eigenvalue weighted by Crippen LogP contribution is -2.52. The zero-order chi connectivity index (χ0) is 13.0. The highest BCUT2D eigenvalue weighted by molar-refractivity contribution is 4.92. The van der Waals surface area contributed by atoms with E-state index < -0.39 is 0 Å². The minimum absolute atomic E-state index is 0.0405. The van der Waals surface area contributed by atoms with E-state index in [0.29, 0.717) is 12.0 Å². The van der Waals surface area contributed by atoms with Crippen LogP contribution in [0.5, 0.6) is 0 Å². The summed E-state index contributed by atoms with van der Waals surface area (Å²) in [6.45, 7) is 7.54. The van der Waals surface area contributed by atoms with Gasteiger partial charge in [0.15, 0.2) is 0 Å². The first-order valence-electron chi connectivity index (χ1n) is 7.74. The predicted octanol–water partition coefficient (Wildman–Crippen LogP) is 2.30. The molecule has 2 fully saturated rings. The lowest BCUT2D eigenvalue weighted by molar-refractivity contribution is 0.0865. The first-order chi connectivity index (χ1) is 8.63. The molecule has 2 rings (SSSR count). The SMILES string of the molecule is CCC1OCCC1CNCC1(N)CCCC(C)C1. The number of rotatable bonds is 5. The maximum absolute atomic E-state index is 6.51. The van der Waals surface area contributed by atoms with Crippen LogP contribution in [-0.2, 0) is 4.74 Å². The summed E-state index contributed by atoms with van der Waals surface area (Å²) in [6, 6.07) is 0. The average molecular weight is 254 g/mol. The van der Waals surface area contributed by atoms with Crippen LogP contribution in [-0.4, -0.2) is 31.3 Å². The molecule has 1 saturated carbocycles. The van der Waals surface area contributed by atoms with Gasteiger partial charge in [-0.15, -0.1) is 0 Å². The van der Waals surface area contributed by atoms with E-state index in [1.165, 1.54) is 32.1 Å². The standard InChI is InChI=1S/C15H30N2O/c1-3-14-13(6-8-18-14)10-17-11-15(16)7-4-5-12(2)9-15/h12-14,17H,3-11,16H2,1-2H3. The maximum atomic E-state index is 6.51. The molecular formula is C15H30N2O. The fraction of sp³-hybridized carbons (Fsp3) is 1.00. The summed E-state index contributed by atoms with van der Waals surface area (Å²) in [6.07, 6.45) is 7.82. The highest BCUT2D eigenvalue weighted by Gasteiger charge is 2.32. The molecule has 3 nitrogen and oxygen atoms in total. The van der Waals surface area contributed by atoms with Crippen LogP contribution in [0.3, 0.4) is 0 Å². The van der Waals surface area contributed by atoms with Crippen molar-refractivity contribution >= 4 is 0 Å². The van der Waals surface area contributed by atoms with E-state index in [0.717, 1.165) is 32.0 Å². The van der Waals surface area contributed by atoms with Gasteiger partial charge in [0.05, 0.1) is 6.10 Å². The molecule has 2 aliphatic rings. The lowest BCUT2D eigenvalue weighted by Gasteiger charge is -2.37. The molecule has 0 radical (unpaired) electrons. The van der Waals surface area contributed by atoms with Gasteiger partial charge >= 0.3 is 0 Å². The second-order valence-electron chi connectivity index (χ2n) is 6.56. The second kappa shape index (κ2) is 6.36. The molecule has 0 aromatic rings. The maximum Gasteiger partial charge on any atom is 0.0613 e. The van der Waals surface area contributed by atoms with E-state index in [9.17, 15) is 0 Å². The topological polar surface area (TPSA) is 47.3 Å². The summed E-state index contributed by atoms with van der Waals surface area (Å²) in [5.41, 5.74) is 6.55. The number of hydrogen-bond donors (Lipinski definition) is 2. The van der Waals surface area contributed by atoms with Crippen LogP contribution in [0.1, 0.15) is 52.4 Å². The summed E-state index contributed by atoms with van der Waals surface area (Å²) in [5, 5.41) is 3.62. The smallest absolute Gasteiger partial charge is 0.0613 e. The first kappa shape index (κ1) is 14.3.